The van der Waals surface area contributed by atoms with Crippen molar-refractivity contribution in [1.82, 2.24) is 0 Å². The topological polar surface area (TPSA) is 35.5 Å². The molecule has 0 saturated heterocycles. The van der Waals surface area contributed by atoms with Gasteiger partial charge in [0.05, 0.1) is 19.6 Å². The Morgan fingerprint density at radius 2 is 2.10 bits per heavy atom. The van der Waals surface area contributed by atoms with Crippen LogP contribution in [0.5, 0.6) is 11.5 Å². The number of halogens is 1. The Hall–Kier alpha value is -2.36. The Morgan fingerprint density at radius 1 is 1.29 bits per heavy atom. The number of benzene rings is 2. The summed E-state index contributed by atoms with van der Waals surface area (Å²) in [7, 11) is 1.39. The van der Waals surface area contributed by atoms with E-state index in [1.165, 1.54) is 25.3 Å². The maximum absolute atomic E-state index is 13.5. The van der Waals surface area contributed by atoms with E-state index in [4.69, 9.17) is 9.47 Å². The highest BCUT2D eigenvalue weighted by Gasteiger charge is 2.28. The van der Waals surface area contributed by atoms with Crippen LogP contribution in [0.25, 0.3) is 0 Å². The van der Waals surface area contributed by atoms with Gasteiger partial charge in [-0.3, -0.25) is 4.79 Å². The van der Waals surface area contributed by atoms with E-state index in [2.05, 4.69) is 0 Å². The Kier molecular flexibility index (Phi) is 3.60. The summed E-state index contributed by atoms with van der Waals surface area (Å²) < 4.78 is 24.0. The molecule has 1 unspecified atom stereocenters. The molecule has 0 saturated carbocycles. The summed E-state index contributed by atoms with van der Waals surface area (Å²) in [5.74, 6) is 0.0629. The van der Waals surface area contributed by atoms with Gasteiger partial charge in [0.15, 0.2) is 17.3 Å². The molecule has 4 heteroatoms. The quantitative estimate of drug-likeness (QED) is 0.809. The van der Waals surface area contributed by atoms with E-state index in [9.17, 15) is 9.18 Å². The molecule has 108 valence electrons. The molecule has 1 atom stereocenters. The lowest BCUT2D eigenvalue weighted by molar-refractivity contribution is 0.0932. The van der Waals surface area contributed by atoms with Crippen molar-refractivity contribution in [2.45, 2.75) is 12.3 Å². The van der Waals surface area contributed by atoms with Crippen molar-refractivity contribution in [3.63, 3.8) is 0 Å². The lowest BCUT2D eigenvalue weighted by Gasteiger charge is -2.25. The second kappa shape index (κ2) is 5.56. The largest absolute Gasteiger partial charge is 0.494 e. The molecule has 0 fully saturated rings. The van der Waals surface area contributed by atoms with Crippen LogP contribution >= 0.6 is 0 Å². The van der Waals surface area contributed by atoms with Crippen LogP contribution in [0.2, 0.25) is 0 Å². The third-order valence-electron chi connectivity index (χ3n) is 3.71. The average Bonchev–Trinajstić information content (AvgIpc) is 2.54. The van der Waals surface area contributed by atoms with Crippen LogP contribution in [0.4, 0.5) is 4.39 Å². The number of hydrogen-bond donors (Lipinski definition) is 0. The Bertz CT molecular complexity index is 681. The molecule has 0 aromatic heterocycles. The summed E-state index contributed by atoms with van der Waals surface area (Å²) in [4.78, 5) is 12.7. The van der Waals surface area contributed by atoms with E-state index in [0.717, 1.165) is 11.3 Å². The minimum absolute atomic E-state index is 0.0379. The van der Waals surface area contributed by atoms with E-state index in [1.807, 2.05) is 24.3 Å². The second-order valence-electron chi connectivity index (χ2n) is 4.94. The monoisotopic (exact) mass is 286 g/mol. The van der Waals surface area contributed by atoms with E-state index in [1.54, 1.807) is 0 Å². The number of methoxy groups -OCH3 is 1. The highest BCUT2D eigenvalue weighted by Crippen LogP contribution is 2.36. The van der Waals surface area contributed by atoms with Gasteiger partial charge in [-0.05, 0) is 30.7 Å². The fourth-order valence-corrected chi connectivity index (χ4v) is 2.63. The first-order chi connectivity index (χ1) is 10.2. The summed E-state index contributed by atoms with van der Waals surface area (Å²) in [5, 5.41) is 0. The van der Waals surface area contributed by atoms with Gasteiger partial charge in [-0.1, -0.05) is 18.2 Å². The molecule has 1 aliphatic rings. The summed E-state index contributed by atoms with van der Waals surface area (Å²) in [6.07, 6.45) is 0.621. The zero-order valence-corrected chi connectivity index (χ0v) is 11.6. The molecule has 2 aromatic carbocycles. The van der Waals surface area contributed by atoms with Gasteiger partial charge in [-0.25, -0.2) is 4.39 Å². The van der Waals surface area contributed by atoms with Crippen LogP contribution in [0.1, 0.15) is 28.3 Å². The SMILES string of the molecule is COc1cc(C(=O)C2CCOc3ccccc32)ccc1F. The van der Waals surface area contributed by atoms with Gasteiger partial charge in [-0.2, -0.15) is 0 Å². The maximum atomic E-state index is 13.5. The number of Topliss-reactive ketones (excluding diaryl/α,β-unsaturated/α-hetero) is 1. The number of carbonyl (C=O) groups is 1. The molecule has 1 heterocycles. The molecular formula is C17H15FO3. The first-order valence-corrected chi connectivity index (χ1v) is 6.80. The lowest BCUT2D eigenvalue weighted by atomic mass is 9.86. The van der Waals surface area contributed by atoms with Gasteiger partial charge >= 0.3 is 0 Å². The number of para-hydroxylation sites is 1. The first-order valence-electron chi connectivity index (χ1n) is 6.80. The van der Waals surface area contributed by atoms with E-state index >= 15 is 0 Å². The molecule has 21 heavy (non-hydrogen) atoms. The fraction of sp³-hybridized carbons (Fsp3) is 0.235. The Balaban J connectivity index is 1.96. The molecule has 0 spiro atoms. The summed E-state index contributed by atoms with van der Waals surface area (Å²) in [6, 6.07) is 11.7. The highest BCUT2D eigenvalue weighted by molar-refractivity contribution is 6.01. The van der Waals surface area contributed by atoms with Gasteiger partial charge in [-0.15, -0.1) is 0 Å². The fourth-order valence-electron chi connectivity index (χ4n) is 2.63. The molecule has 3 nitrogen and oxygen atoms in total. The minimum atomic E-state index is -0.471. The van der Waals surface area contributed by atoms with Gasteiger partial charge in [0.2, 0.25) is 0 Å². The van der Waals surface area contributed by atoms with Gasteiger partial charge in [0.25, 0.3) is 0 Å². The first kappa shape index (κ1) is 13.6. The van der Waals surface area contributed by atoms with Crippen LogP contribution in [-0.4, -0.2) is 19.5 Å². The smallest absolute Gasteiger partial charge is 0.170 e. The predicted molar refractivity (Wildman–Crippen MR) is 76.6 cm³/mol. The van der Waals surface area contributed by atoms with Gasteiger partial charge in [0.1, 0.15) is 5.75 Å². The summed E-state index contributed by atoms with van der Waals surface area (Å²) in [6.45, 7) is 0.506. The van der Waals surface area contributed by atoms with Crippen molar-refractivity contribution in [2.24, 2.45) is 0 Å². The molecule has 0 amide bonds. The molecule has 0 bridgehead atoms. The number of rotatable bonds is 3. The maximum Gasteiger partial charge on any atom is 0.170 e. The van der Waals surface area contributed by atoms with E-state index in [-0.39, 0.29) is 17.5 Å². The Labute approximate surface area is 122 Å². The number of ketones is 1. The van der Waals surface area contributed by atoms with E-state index < -0.39 is 5.82 Å². The third kappa shape index (κ3) is 2.49. The van der Waals surface area contributed by atoms with Crippen molar-refractivity contribution in [2.75, 3.05) is 13.7 Å². The molecule has 0 aliphatic carbocycles. The van der Waals surface area contributed by atoms with Crippen LogP contribution in [0.15, 0.2) is 42.5 Å². The van der Waals surface area contributed by atoms with Crippen LogP contribution in [0.3, 0.4) is 0 Å². The normalized spacial score (nSPS) is 16.8. The van der Waals surface area contributed by atoms with Crippen LogP contribution in [-0.2, 0) is 0 Å². The minimum Gasteiger partial charge on any atom is -0.494 e. The van der Waals surface area contributed by atoms with Crippen molar-refractivity contribution in [1.29, 1.82) is 0 Å². The molecule has 2 aromatic rings. The van der Waals surface area contributed by atoms with Crippen molar-refractivity contribution < 1.29 is 18.7 Å². The van der Waals surface area contributed by atoms with E-state index in [0.29, 0.717) is 18.6 Å². The molecule has 3 rings (SSSR count). The zero-order valence-electron chi connectivity index (χ0n) is 11.6. The number of fused-ring (bicyclic) bond motifs is 1. The van der Waals surface area contributed by atoms with Crippen LogP contribution in [0, 0.1) is 5.82 Å². The standard InChI is InChI=1S/C17H15FO3/c1-20-16-10-11(6-7-14(16)18)17(19)13-8-9-21-15-5-3-2-4-12(13)15/h2-7,10,13H,8-9H2,1H3. The second-order valence-corrected chi connectivity index (χ2v) is 4.94. The number of hydrogen-bond acceptors (Lipinski definition) is 3. The molecule has 1 aliphatic heterocycles. The van der Waals surface area contributed by atoms with Gasteiger partial charge < -0.3 is 9.47 Å². The van der Waals surface area contributed by atoms with Gasteiger partial charge in [0, 0.05) is 11.1 Å². The Morgan fingerprint density at radius 3 is 2.90 bits per heavy atom. The highest BCUT2D eigenvalue weighted by atomic mass is 19.1. The molecule has 0 radical (unpaired) electrons. The molecule has 0 N–H and O–H groups in total. The van der Waals surface area contributed by atoms with Crippen molar-refractivity contribution >= 4 is 5.78 Å². The average molecular weight is 286 g/mol. The number of carbonyl (C=O) groups excluding carboxylic acids is 1. The predicted octanol–water partition coefficient (Wildman–Crippen LogP) is 3.58. The summed E-state index contributed by atoms with van der Waals surface area (Å²) in [5.41, 5.74) is 1.34. The third-order valence-corrected chi connectivity index (χ3v) is 3.71. The summed E-state index contributed by atoms with van der Waals surface area (Å²) >= 11 is 0. The van der Waals surface area contributed by atoms with Crippen LogP contribution < -0.4 is 9.47 Å². The molecular weight excluding hydrogens is 271 g/mol. The van der Waals surface area contributed by atoms with Crippen molar-refractivity contribution in [3.8, 4) is 11.5 Å². The number of ether oxygens (including phenoxy) is 2. The zero-order chi connectivity index (χ0) is 14.8. The lowest BCUT2D eigenvalue weighted by Crippen LogP contribution is -2.21. The van der Waals surface area contributed by atoms with Crippen molar-refractivity contribution in [3.05, 3.63) is 59.4 Å².